The summed E-state index contributed by atoms with van der Waals surface area (Å²) in [5.41, 5.74) is 1.20. The van der Waals surface area contributed by atoms with Gasteiger partial charge in [0.2, 0.25) is 0 Å². The third-order valence-corrected chi connectivity index (χ3v) is 3.76. The van der Waals surface area contributed by atoms with Gasteiger partial charge in [-0.05, 0) is 46.0 Å². The van der Waals surface area contributed by atoms with Crippen molar-refractivity contribution in [2.24, 2.45) is 5.92 Å². The maximum Gasteiger partial charge on any atom is 0.174 e. The van der Waals surface area contributed by atoms with Crippen molar-refractivity contribution in [1.82, 2.24) is 5.32 Å². The predicted molar refractivity (Wildman–Crippen MR) is 71.7 cm³/mol. The molecule has 2 atom stereocenters. The Balaban J connectivity index is 2.09. The second-order valence-corrected chi connectivity index (χ2v) is 5.37. The number of rotatable bonds is 5. The van der Waals surface area contributed by atoms with Gasteiger partial charge in [-0.25, -0.2) is 0 Å². The molecule has 1 fully saturated rings. The normalized spacial score (nSPS) is 22.4. The quantitative estimate of drug-likeness (QED) is 0.907. The first kappa shape index (κ1) is 12.7. The molecule has 0 saturated heterocycles. The molecule has 1 aromatic rings. The molecule has 1 aromatic carbocycles. The Hall–Kier alpha value is -0.740. The lowest BCUT2D eigenvalue weighted by Crippen LogP contribution is -2.17. The summed E-state index contributed by atoms with van der Waals surface area (Å²) in [4.78, 5) is 0. The molecule has 0 radical (unpaired) electrons. The van der Waals surface area contributed by atoms with Crippen LogP contribution in [0.15, 0.2) is 16.6 Å². The third kappa shape index (κ3) is 2.93. The van der Waals surface area contributed by atoms with E-state index in [0.717, 1.165) is 28.4 Å². The fourth-order valence-corrected chi connectivity index (χ4v) is 2.58. The Morgan fingerprint density at radius 2 is 2.06 bits per heavy atom. The van der Waals surface area contributed by atoms with Crippen LogP contribution in [0.3, 0.4) is 0 Å². The zero-order valence-corrected chi connectivity index (χ0v) is 12.0. The van der Waals surface area contributed by atoms with Crippen LogP contribution in [0, 0.1) is 5.92 Å². The summed E-state index contributed by atoms with van der Waals surface area (Å²) in [6.45, 7) is 3.14. The van der Waals surface area contributed by atoms with E-state index in [1.165, 1.54) is 12.0 Å². The molecule has 1 saturated carbocycles. The van der Waals surface area contributed by atoms with Gasteiger partial charge in [0.15, 0.2) is 11.5 Å². The van der Waals surface area contributed by atoms with Gasteiger partial charge in [-0.3, -0.25) is 0 Å². The van der Waals surface area contributed by atoms with Crippen molar-refractivity contribution in [3.05, 3.63) is 22.2 Å². The predicted octanol–water partition coefficient (Wildman–Crippen LogP) is 2.96. The van der Waals surface area contributed by atoms with Gasteiger partial charge in [-0.15, -0.1) is 0 Å². The minimum atomic E-state index is 0.682. The molecular formula is C13H18BrNO2. The highest BCUT2D eigenvalue weighted by atomic mass is 79.9. The molecule has 94 valence electrons. The summed E-state index contributed by atoms with van der Waals surface area (Å²) in [5, 5.41) is 3.52. The lowest BCUT2D eigenvalue weighted by atomic mass is 10.2. The molecule has 1 N–H and O–H groups in total. The minimum absolute atomic E-state index is 0.682. The summed E-state index contributed by atoms with van der Waals surface area (Å²) in [6, 6.07) is 4.77. The van der Waals surface area contributed by atoms with Crippen molar-refractivity contribution in [2.45, 2.75) is 25.9 Å². The lowest BCUT2D eigenvalue weighted by Gasteiger charge is -2.12. The first-order chi connectivity index (χ1) is 8.15. The van der Waals surface area contributed by atoms with Crippen LogP contribution in [0.1, 0.15) is 18.9 Å². The van der Waals surface area contributed by atoms with Gasteiger partial charge in [0.05, 0.1) is 18.7 Å². The number of hydrogen-bond donors (Lipinski definition) is 1. The van der Waals surface area contributed by atoms with E-state index in [1.807, 2.05) is 6.07 Å². The molecule has 2 unspecified atom stereocenters. The number of methoxy groups -OCH3 is 2. The van der Waals surface area contributed by atoms with Gasteiger partial charge < -0.3 is 14.8 Å². The molecule has 0 aromatic heterocycles. The highest BCUT2D eigenvalue weighted by molar-refractivity contribution is 9.10. The fourth-order valence-electron chi connectivity index (χ4n) is 1.93. The number of halogens is 1. The molecule has 17 heavy (non-hydrogen) atoms. The standard InChI is InChI=1S/C13H18BrNO2/c1-8-4-11(8)15-7-9-5-10(14)13(17-3)12(6-9)16-2/h5-6,8,11,15H,4,7H2,1-3H3. The smallest absolute Gasteiger partial charge is 0.174 e. The van der Waals surface area contributed by atoms with Crippen molar-refractivity contribution in [3.8, 4) is 11.5 Å². The Morgan fingerprint density at radius 3 is 2.59 bits per heavy atom. The highest BCUT2D eigenvalue weighted by Gasteiger charge is 2.31. The molecular weight excluding hydrogens is 282 g/mol. The van der Waals surface area contributed by atoms with Crippen LogP contribution in [-0.2, 0) is 6.54 Å². The van der Waals surface area contributed by atoms with Crippen LogP contribution in [0.25, 0.3) is 0 Å². The Kier molecular flexibility index (Phi) is 3.94. The average molecular weight is 300 g/mol. The van der Waals surface area contributed by atoms with Gasteiger partial charge in [0, 0.05) is 12.6 Å². The van der Waals surface area contributed by atoms with Crippen LogP contribution in [-0.4, -0.2) is 20.3 Å². The van der Waals surface area contributed by atoms with Crippen molar-refractivity contribution in [3.63, 3.8) is 0 Å². The van der Waals surface area contributed by atoms with Crippen molar-refractivity contribution in [1.29, 1.82) is 0 Å². The SMILES string of the molecule is COc1cc(CNC2CC2C)cc(Br)c1OC. The van der Waals surface area contributed by atoms with Gasteiger partial charge in [0.25, 0.3) is 0 Å². The molecule has 0 spiro atoms. The Bertz CT molecular complexity index is 409. The van der Waals surface area contributed by atoms with E-state index in [4.69, 9.17) is 9.47 Å². The zero-order valence-electron chi connectivity index (χ0n) is 10.4. The molecule has 2 rings (SSSR count). The van der Waals surface area contributed by atoms with E-state index >= 15 is 0 Å². The molecule has 0 aliphatic heterocycles. The fraction of sp³-hybridized carbons (Fsp3) is 0.538. The van der Waals surface area contributed by atoms with Gasteiger partial charge in [-0.1, -0.05) is 6.92 Å². The number of ether oxygens (including phenoxy) is 2. The molecule has 1 aliphatic carbocycles. The molecule has 0 heterocycles. The molecule has 0 amide bonds. The topological polar surface area (TPSA) is 30.5 Å². The first-order valence-corrected chi connectivity index (χ1v) is 6.58. The highest BCUT2D eigenvalue weighted by Crippen LogP contribution is 2.36. The summed E-state index contributed by atoms with van der Waals surface area (Å²) in [7, 11) is 3.30. The van der Waals surface area contributed by atoms with Crippen molar-refractivity contribution < 1.29 is 9.47 Å². The van der Waals surface area contributed by atoms with E-state index in [0.29, 0.717) is 6.04 Å². The molecule has 4 heteroatoms. The van der Waals surface area contributed by atoms with E-state index in [1.54, 1.807) is 14.2 Å². The number of benzene rings is 1. The largest absolute Gasteiger partial charge is 0.493 e. The van der Waals surface area contributed by atoms with Gasteiger partial charge in [-0.2, -0.15) is 0 Å². The number of nitrogens with one attached hydrogen (secondary N) is 1. The Labute approximate surface area is 111 Å². The summed E-state index contributed by atoms with van der Waals surface area (Å²) >= 11 is 3.50. The van der Waals surface area contributed by atoms with Crippen LogP contribution in [0.5, 0.6) is 11.5 Å². The summed E-state index contributed by atoms with van der Waals surface area (Å²) < 4.78 is 11.5. The first-order valence-electron chi connectivity index (χ1n) is 5.79. The molecule has 0 bridgehead atoms. The maximum atomic E-state index is 5.32. The average Bonchev–Trinajstić information content (AvgIpc) is 3.02. The van der Waals surface area contributed by atoms with Crippen molar-refractivity contribution in [2.75, 3.05) is 14.2 Å². The summed E-state index contributed by atoms with van der Waals surface area (Å²) in [6.07, 6.45) is 1.29. The van der Waals surface area contributed by atoms with Crippen LogP contribution < -0.4 is 14.8 Å². The third-order valence-electron chi connectivity index (χ3n) is 3.17. The van der Waals surface area contributed by atoms with E-state index in [-0.39, 0.29) is 0 Å². The Morgan fingerprint density at radius 1 is 1.35 bits per heavy atom. The van der Waals surface area contributed by atoms with Gasteiger partial charge >= 0.3 is 0 Å². The van der Waals surface area contributed by atoms with Crippen LogP contribution in [0.4, 0.5) is 0 Å². The number of hydrogen-bond acceptors (Lipinski definition) is 3. The lowest BCUT2D eigenvalue weighted by molar-refractivity contribution is 0.352. The van der Waals surface area contributed by atoms with E-state index in [9.17, 15) is 0 Å². The maximum absolute atomic E-state index is 5.32. The summed E-state index contributed by atoms with van der Waals surface area (Å²) in [5.74, 6) is 2.33. The van der Waals surface area contributed by atoms with Crippen LogP contribution >= 0.6 is 15.9 Å². The van der Waals surface area contributed by atoms with E-state index in [2.05, 4.69) is 34.2 Å². The van der Waals surface area contributed by atoms with Crippen molar-refractivity contribution >= 4 is 15.9 Å². The second-order valence-electron chi connectivity index (χ2n) is 4.51. The minimum Gasteiger partial charge on any atom is -0.493 e. The second kappa shape index (κ2) is 5.27. The van der Waals surface area contributed by atoms with Gasteiger partial charge in [0.1, 0.15) is 0 Å². The van der Waals surface area contributed by atoms with Crippen LogP contribution in [0.2, 0.25) is 0 Å². The zero-order chi connectivity index (χ0) is 12.4. The molecule has 1 aliphatic rings. The van der Waals surface area contributed by atoms with E-state index < -0.39 is 0 Å². The monoisotopic (exact) mass is 299 g/mol. The molecule has 3 nitrogen and oxygen atoms in total.